The maximum absolute atomic E-state index is 12.5. The normalized spacial score (nSPS) is 17.1. The van der Waals surface area contributed by atoms with E-state index in [9.17, 15) is 9.59 Å². The lowest BCUT2D eigenvalue weighted by Crippen LogP contribution is -2.45. The van der Waals surface area contributed by atoms with Crippen LogP contribution in [0.2, 0.25) is 0 Å². The van der Waals surface area contributed by atoms with E-state index in [2.05, 4.69) is 10.3 Å². The quantitative estimate of drug-likeness (QED) is 0.910. The van der Waals surface area contributed by atoms with Gasteiger partial charge in [-0.2, -0.15) is 0 Å². The molecule has 0 radical (unpaired) electrons. The fraction of sp³-hybridized carbons (Fsp3) is 0.350. The number of hydrogen-bond acceptors (Lipinski definition) is 3. The molecule has 0 saturated carbocycles. The molecule has 1 aliphatic rings. The van der Waals surface area contributed by atoms with Crippen LogP contribution in [0, 0.1) is 5.92 Å². The van der Waals surface area contributed by atoms with E-state index in [1.54, 1.807) is 6.20 Å². The van der Waals surface area contributed by atoms with Crippen LogP contribution < -0.4 is 5.32 Å². The van der Waals surface area contributed by atoms with Crippen molar-refractivity contribution in [1.82, 2.24) is 15.2 Å². The zero-order chi connectivity index (χ0) is 17.5. The summed E-state index contributed by atoms with van der Waals surface area (Å²) in [6.07, 6.45) is 3.79. The minimum Gasteiger partial charge on any atom is -0.350 e. The van der Waals surface area contributed by atoms with Gasteiger partial charge < -0.3 is 10.2 Å². The van der Waals surface area contributed by atoms with Gasteiger partial charge in [-0.1, -0.05) is 36.4 Å². The Morgan fingerprint density at radius 1 is 1.12 bits per heavy atom. The summed E-state index contributed by atoms with van der Waals surface area (Å²) in [5.41, 5.74) is 1.85. The Labute approximate surface area is 148 Å². The van der Waals surface area contributed by atoms with E-state index < -0.39 is 0 Å². The highest BCUT2D eigenvalue weighted by molar-refractivity contribution is 5.82. The van der Waals surface area contributed by atoms with Crippen LogP contribution >= 0.6 is 0 Å². The van der Waals surface area contributed by atoms with Gasteiger partial charge >= 0.3 is 0 Å². The van der Waals surface area contributed by atoms with Gasteiger partial charge in [-0.05, 0) is 30.5 Å². The second-order valence-electron chi connectivity index (χ2n) is 6.38. The number of benzene rings is 1. The molecule has 1 unspecified atom stereocenters. The van der Waals surface area contributed by atoms with Crippen LogP contribution in [0.3, 0.4) is 0 Å². The molecular formula is C20H23N3O2. The highest BCUT2D eigenvalue weighted by Crippen LogP contribution is 2.18. The van der Waals surface area contributed by atoms with Crippen LogP contribution in [-0.4, -0.2) is 34.8 Å². The molecule has 2 heterocycles. The van der Waals surface area contributed by atoms with Gasteiger partial charge in [0.25, 0.3) is 0 Å². The highest BCUT2D eigenvalue weighted by Gasteiger charge is 2.28. The van der Waals surface area contributed by atoms with E-state index in [0.717, 1.165) is 30.6 Å². The Hall–Kier alpha value is -2.69. The summed E-state index contributed by atoms with van der Waals surface area (Å²) in [6.45, 7) is 1.66. The molecule has 1 fully saturated rings. The first-order chi connectivity index (χ1) is 12.2. The van der Waals surface area contributed by atoms with E-state index in [4.69, 9.17) is 0 Å². The predicted molar refractivity (Wildman–Crippen MR) is 95.5 cm³/mol. The van der Waals surface area contributed by atoms with Crippen molar-refractivity contribution in [2.24, 2.45) is 5.92 Å². The molecule has 3 rings (SSSR count). The molecule has 1 aliphatic heterocycles. The number of nitrogens with one attached hydrogen (secondary N) is 1. The van der Waals surface area contributed by atoms with Crippen LogP contribution in [0.25, 0.3) is 0 Å². The summed E-state index contributed by atoms with van der Waals surface area (Å²) in [5, 5.41) is 2.94. The highest BCUT2D eigenvalue weighted by atomic mass is 16.2. The minimum absolute atomic E-state index is 0.00265. The van der Waals surface area contributed by atoms with Crippen LogP contribution in [0.5, 0.6) is 0 Å². The van der Waals surface area contributed by atoms with E-state index >= 15 is 0 Å². The standard InChI is InChI=1S/C20H23N3O2/c24-19(13-16-7-2-1-3-8-16)23-12-6-9-17(15-23)20(25)22-14-18-10-4-5-11-21-18/h1-5,7-8,10-11,17H,6,9,12-15H2,(H,22,25). The number of carbonyl (C=O) groups is 2. The number of aromatic nitrogens is 1. The topological polar surface area (TPSA) is 62.3 Å². The minimum atomic E-state index is -0.141. The second-order valence-corrected chi connectivity index (χ2v) is 6.38. The van der Waals surface area contributed by atoms with Gasteiger partial charge in [0.05, 0.1) is 24.6 Å². The molecule has 5 nitrogen and oxygen atoms in total. The van der Waals surface area contributed by atoms with Crippen molar-refractivity contribution in [2.75, 3.05) is 13.1 Å². The van der Waals surface area contributed by atoms with E-state index in [1.165, 1.54) is 0 Å². The summed E-state index contributed by atoms with van der Waals surface area (Å²) >= 11 is 0. The van der Waals surface area contributed by atoms with E-state index in [1.807, 2.05) is 53.4 Å². The monoisotopic (exact) mass is 337 g/mol. The third-order valence-corrected chi connectivity index (χ3v) is 4.51. The molecule has 0 spiro atoms. The number of likely N-dealkylation sites (tertiary alicyclic amines) is 1. The van der Waals surface area contributed by atoms with Gasteiger partial charge in [-0.3, -0.25) is 14.6 Å². The molecule has 1 aromatic heterocycles. The molecule has 2 amide bonds. The summed E-state index contributed by atoms with van der Waals surface area (Å²) in [4.78, 5) is 30.9. The molecule has 2 aromatic rings. The van der Waals surface area contributed by atoms with Crippen LogP contribution in [0.15, 0.2) is 54.7 Å². The van der Waals surface area contributed by atoms with Gasteiger partial charge in [0.1, 0.15) is 0 Å². The second kappa shape index (κ2) is 8.42. The van der Waals surface area contributed by atoms with Crippen molar-refractivity contribution >= 4 is 11.8 Å². The molecule has 1 aromatic carbocycles. The van der Waals surface area contributed by atoms with Crippen molar-refractivity contribution in [2.45, 2.75) is 25.8 Å². The molecule has 1 atom stereocenters. The van der Waals surface area contributed by atoms with Gasteiger partial charge in [-0.15, -0.1) is 0 Å². The first-order valence-corrected chi connectivity index (χ1v) is 8.71. The Morgan fingerprint density at radius 3 is 2.68 bits per heavy atom. The number of hydrogen-bond donors (Lipinski definition) is 1. The largest absolute Gasteiger partial charge is 0.350 e. The Balaban J connectivity index is 1.51. The number of rotatable bonds is 5. The lowest BCUT2D eigenvalue weighted by molar-refractivity contribution is -0.135. The number of amides is 2. The first-order valence-electron chi connectivity index (χ1n) is 8.71. The summed E-state index contributed by atoms with van der Waals surface area (Å²) in [7, 11) is 0. The zero-order valence-corrected chi connectivity index (χ0v) is 14.2. The zero-order valence-electron chi connectivity index (χ0n) is 14.2. The van der Waals surface area contributed by atoms with Crippen molar-refractivity contribution in [1.29, 1.82) is 0 Å². The average molecular weight is 337 g/mol. The van der Waals surface area contributed by atoms with Gasteiger partial charge in [-0.25, -0.2) is 0 Å². The molecule has 0 aliphatic carbocycles. The Kier molecular flexibility index (Phi) is 5.77. The SMILES string of the molecule is O=C(NCc1ccccn1)C1CCCN(C(=O)Cc2ccccc2)C1. The van der Waals surface area contributed by atoms with Crippen molar-refractivity contribution in [3.05, 3.63) is 66.0 Å². The van der Waals surface area contributed by atoms with E-state index in [0.29, 0.717) is 19.5 Å². The maximum Gasteiger partial charge on any atom is 0.227 e. The third-order valence-electron chi connectivity index (χ3n) is 4.51. The molecule has 0 bridgehead atoms. The first kappa shape index (κ1) is 17.1. The summed E-state index contributed by atoms with van der Waals surface area (Å²) < 4.78 is 0. The molecule has 5 heteroatoms. The van der Waals surface area contributed by atoms with Crippen molar-refractivity contribution in [3.63, 3.8) is 0 Å². The van der Waals surface area contributed by atoms with Crippen LogP contribution in [0.4, 0.5) is 0 Å². The third kappa shape index (κ3) is 4.89. The lowest BCUT2D eigenvalue weighted by Gasteiger charge is -2.32. The molecule has 1 saturated heterocycles. The van der Waals surface area contributed by atoms with Crippen LogP contribution in [0.1, 0.15) is 24.1 Å². The predicted octanol–water partition coefficient (Wildman–Crippen LogP) is 2.18. The van der Waals surface area contributed by atoms with Gasteiger partial charge in [0, 0.05) is 19.3 Å². The molecular weight excluding hydrogens is 314 g/mol. The maximum atomic E-state index is 12.5. The van der Waals surface area contributed by atoms with E-state index in [-0.39, 0.29) is 17.7 Å². The molecule has 1 N–H and O–H groups in total. The molecule has 25 heavy (non-hydrogen) atoms. The Morgan fingerprint density at radius 2 is 1.92 bits per heavy atom. The fourth-order valence-corrected chi connectivity index (χ4v) is 3.12. The smallest absolute Gasteiger partial charge is 0.227 e. The number of piperidine rings is 1. The van der Waals surface area contributed by atoms with Crippen molar-refractivity contribution in [3.8, 4) is 0 Å². The summed E-state index contributed by atoms with van der Waals surface area (Å²) in [5.74, 6) is -0.0477. The summed E-state index contributed by atoms with van der Waals surface area (Å²) in [6, 6.07) is 15.4. The number of nitrogens with zero attached hydrogens (tertiary/aromatic N) is 2. The van der Waals surface area contributed by atoms with Gasteiger partial charge in [0.2, 0.25) is 11.8 Å². The molecule has 130 valence electrons. The lowest BCUT2D eigenvalue weighted by atomic mass is 9.96. The van der Waals surface area contributed by atoms with Crippen LogP contribution in [-0.2, 0) is 22.6 Å². The fourth-order valence-electron chi connectivity index (χ4n) is 3.12. The number of carbonyl (C=O) groups excluding carboxylic acids is 2. The van der Waals surface area contributed by atoms with Gasteiger partial charge in [0.15, 0.2) is 0 Å². The van der Waals surface area contributed by atoms with Crippen molar-refractivity contribution < 1.29 is 9.59 Å². The Bertz CT molecular complexity index is 703. The number of pyridine rings is 1. The average Bonchev–Trinajstić information content (AvgIpc) is 2.68.